The maximum Gasteiger partial charge on any atom is 0.228 e. The zero-order valence-corrected chi connectivity index (χ0v) is 9.87. The summed E-state index contributed by atoms with van der Waals surface area (Å²) < 4.78 is 5.43. The number of para-hydroxylation sites is 1. The molecule has 0 spiro atoms. The first-order chi connectivity index (χ1) is 8.84. The van der Waals surface area contributed by atoms with Crippen molar-refractivity contribution in [2.75, 3.05) is 11.9 Å². The fourth-order valence-corrected chi connectivity index (χ4v) is 1.42. The average molecular weight is 242 g/mol. The van der Waals surface area contributed by atoms with Gasteiger partial charge in [0.25, 0.3) is 0 Å². The minimum Gasteiger partial charge on any atom is -0.493 e. The second kappa shape index (κ2) is 6.39. The first-order valence-electron chi connectivity index (χ1n) is 5.73. The second-order valence-corrected chi connectivity index (χ2v) is 3.67. The fraction of sp³-hybridized carbons (Fsp3) is 0.143. The van der Waals surface area contributed by atoms with Crippen molar-refractivity contribution in [3.8, 4) is 5.75 Å². The first-order valence-corrected chi connectivity index (χ1v) is 5.73. The predicted octanol–water partition coefficient (Wildman–Crippen LogP) is 2.49. The van der Waals surface area contributed by atoms with E-state index in [1.54, 1.807) is 18.3 Å². The van der Waals surface area contributed by atoms with Crippen molar-refractivity contribution in [2.24, 2.45) is 0 Å². The molecule has 18 heavy (non-hydrogen) atoms. The molecule has 0 aliphatic carbocycles. The van der Waals surface area contributed by atoms with E-state index in [0.717, 1.165) is 5.75 Å². The fourth-order valence-electron chi connectivity index (χ4n) is 1.42. The van der Waals surface area contributed by atoms with E-state index in [4.69, 9.17) is 4.74 Å². The van der Waals surface area contributed by atoms with Gasteiger partial charge in [0.1, 0.15) is 11.6 Å². The van der Waals surface area contributed by atoms with Gasteiger partial charge in [-0.3, -0.25) is 4.79 Å². The summed E-state index contributed by atoms with van der Waals surface area (Å²) in [6, 6.07) is 14.8. The summed E-state index contributed by atoms with van der Waals surface area (Å²) in [5, 5.41) is 2.70. The maximum atomic E-state index is 11.6. The molecule has 2 rings (SSSR count). The van der Waals surface area contributed by atoms with Gasteiger partial charge in [0, 0.05) is 6.20 Å². The molecule has 4 heteroatoms. The molecule has 1 aromatic carbocycles. The van der Waals surface area contributed by atoms with Crippen LogP contribution >= 0.6 is 0 Å². The van der Waals surface area contributed by atoms with Crippen LogP contribution in [-0.4, -0.2) is 17.5 Å². The molecule has 2 aromatic rings. The summed E-state index contributed by atoms with van der Waals surface area (Å²) in [6.07, 6.45) is 1.93. The lowest BCUT2D eigenvalue weighted by Crippen LogP contribution is -2.15. The van der Waals surface area contributed by atoms with Crippen molar-refractivity contribution in [3.05, 3.63) is 54.7 Å². The summed E-state index contributed by atoms with van der Waals surface area (Å²) >= 11 is 0. The van der Waals surface area contributed by atoms with Crippen LogP contribution in [0.1, 0.15) is 6.42 Å². The number of amides is 1. The van der Waals surface area contributed by atoms with Crippen LogP contribution in [0, 0.1) is 0 Å². The predicted molar refractivity (Wildman–Crippen MR) is 69.4 cm³/mol. The van der Waals surface area contributed by atoms with Crippen molar-refractivity contribution < 1.29 is 9.53 Å². The van der Waals surface area contributed by atoms with Gasteiger partial charge in [-0.15, -0.1) is 0 Å². The van der Waals surface area contributed by atoms with Crippen molar-refractivity contribution in [1.82, 2.24) is 4.98 Å². The zero-order chi connectivity index (χ0) is 12.6. The van der Waals surface area contributed by atoms with Gasteiger partial charge < -0.3 is 10.1 Å². The Labute approximate surface area is 106 Å². The van der Waals surface area contributed by atoms with Crippen molar-refractivity contribution >= 4 is 11.7 Å². The van der Waals surface area contributed by atoms with Gasteiger partial charge in [-0.25, -0.2) is 4.98 Å². The number of rotatable bonds is 5. The molecule has 0 fully saturated rings. The molecule has 0 bridgehead atoms. The number of carbonyl (C=O) groups is 1. The Kier molecular flexibility index (Phi) is 4.30. The number of nitrogens with zero attached hydrogens (tertiary/aromatic N) is 1. The smallest absolute Gasteiger partial charge is 0.228 e. The summed E-state index contributed by atoms with van der Waals surface area (Å²) in [4.78, 5) is 15.6. The summed E-state index contributed by atoms with van der Waals surface area (Å²) in [5.74, 6) is 1.22. The highest BCUT2D eigenvalue weighted by molar-refractivity contribution is 5.89. The molecule has 0 aliphatic rings. The van der Waals surface area contributed by atoms with Crippen LogP contribution in [0.5, 0.6) is 5.75 Å². The Hall–Kier alpha value is -2.36. The lowest BCUT2D eigenvalue weighted by Gasteiger charge is -2.06. The number of hydrogen-bond acceptors (Lipinski definition) is 3. The number of carbonyl (C=O) groups excluding carboxylic acids is 1. The van der Waals surface area contributed by atoms with E-state index in [0.29, 0.717) is 18.8 Å². The topological polar surface area (TPSA) is 51.2 Å². The van der Waals surface area contributed by atoms with E-state index in [9.17, 15) is 4.79 Å². The summed E-state index contributed by atoms with van der Waals surface area (Å²) in [5.41, 5.74) is 0. The highest BCUT2D eigenvalue weighted by Crippen LogP contribution is 2.08. The average Bonchev–Trinajstić information content (AvgIpc) is 2.41. The maximum absolute atomic E-state index is 11.6. The standard InChI is InChI=1S/C14H14N2O2/c17-14(16-13-8-4-5-10-15-13)9-11-18-12-6-2-1-3-7-12/h1-8,10H,9,11H2,(H,15,16,17). The Morgan fingerprint density at radius 3 is 2.61 bits per heavy atom. The third kappa shape index (κ3) is 3.90. The molecule has 0 saturated carbocycles. The quantitative estimate of drug-likeness (QED) is 0.876. The molecule has 0 aliphatic heterocycles. The van der Waals surface area contributed by atoms with Crippen LogP contribution in [0.15, 0.2) is 54.7 Å². The number of hydrogen-bond donors (Lipinski definition) is 1. The molecule has 0 unspecified atom stereocenters. The van der Waals surface area contributed by atoms with Gasteiger partial charge in [-0.05, 0) is 24.3 Å². The first kappa shape index (κ1) is 12.1. The monoisotopic (exact) mass is 242 g/mol. The molecule has 1 aromatic heterocycles. The number of nitrogens with one attached hydrogen (secondary N) is 1. The molecule has 0 atom stereocenters. The van der Waals surface area contributed by atoms with Crippen molar-refractivity contribution in [2.45, 2.75) is 6.42 Å². The molecule has 0 saturated heterocycles. The molecular formula is C14H14N2O2. The van der Waals surface area contributed by atoms with Crippen LogP contribution in [0.25, 0.3) is 0 Å². The van der Waals surface area contributed by atoms with Gasteiger partial charge in [0.05, 0.1) is 13.0 Å². The van der Waals surface area contributed by atoms with Crippen LogP contribution in [0.4, 0.5) is 5.82 Å². The van der Waals surface area contributed by atoms with Gasteiger partial charge in [0.15, 0.2) is 0 Å². The summed E-state index contributed by atoms with van der Waals surface area (Å²) in [7, 11) is 0. The Bertz CT molecular complexity index is 486. The highest BCUT2D eigenvalue weighted by Gasteiger charge is 2.02. The normalized spacial score (nSPS) is 9.78. The van der Waals surface area contributed by atoms with Crippen molar-refractivity contribution in [1.29, 1.82) is 0 Å². The van der Waals surface area contributed by atoms with Gasteiger partial charge in [-0.1, -0.05) is 24.3 Å². The van der Waals surface area contributed by atoms with E-state index in [2.05, 4.69) is 10.3 Å². The molecule has 1 amide bonds. The molecule has 0 radical (unpaired) electrons. The number of anilines is 1. The number of pyridine rings is 1. The Morgan fingerprint density at radius 1 is 1.11 bits per heavy atom. The lowest BCUT2D eigenvalue weighted by atomic mass is 10.3. The largest absolute Gasteiger partial charge is 0.493 e. The van der Waals surface area contributed by atoms with Crippen LogP contribution in [0.3, 0.4) is 0 Å². The Morgan fingerprint density at radius 2 is 1.89 bits per heavy atom. The SMILES string of the molecule is O=C(CCOc1ccccc1)Nc1ccccn1. The number of aromatic nitrogens is 1. The molecule has 92 valence electrons. The van der Waals surface area contributed by atoms with E-state index in [-0.39, 0.29) is 5.91 Å². The van der Waals surface area contributed by atoms with Crippen LogP contribution in [-0.2, 0) is 4.79 Å². The molecule has 1 N–H and O–H groups in total. The molecule has 1 heterocycles. The number of ether oxygens (including phenoxy) is 1. The highest BCUT2D eigenvalue weighted by atomic mass is 16.5. The Balaban J connectivity index is 1.73. The third-order valence-corrected chi connectivity index (χ3v) is 2.27. The number of benzene rings is 1. The minimum atomic E-state index is -0.107. The minimum absolute atomic E-state index is 0.107. The van der Waals surface area contributed by atoms with E-state index in [1.165, 1.54) is 0 Å². The van der Waals surface area contributed by atoms with Gasteiger partial charge in [0.2, 0.25) is 5.91 Å². The van der Waals surface area contributed by atoms with Crippen molar-refractivity contribution in [3.63, 3.8) is 0 Å². The second-order valence-electron chi connectivity index (χ2n) is 3.67. The zero-order valence-electron chi connectivity index (χ0n) is 9.87. The molecule has 4 nitrogen and oxygen atoms in total. The summed E-state index contributed by atoms with van der Waals surface area (Å²) in [6.45, 7) is 0.350. The van der Waals surface area contributed by atoms with E-state index in [1.807, 2.05) is 36.4 Å². The van der Waals surface area contributed by atoms with E-state index < -0.39 is 0 Å². The van der Waals surface area contributed by atoms with Crippen LogP contribution in [0.2, 0.25) is 0 Å². The van der Waals surface area contributed by atoms with E-state index >= 15 is 0 Å². The van der Waals surface area contributed by atoms with Crippen LogP contribution < -0.4 is 10.1 Å². The lowest BCUT2D eigenvalue weighted by molar-refractivity contribution is -0.116. The van der Waals surface area contributed by atoms with Gasteiger partial charge in [-0.2, -0.15) is 0 Å². The molecular weight excluding hydrogens is 228 g/mol. The van der Waals surface area contributed by atoms with Gasteiger partial charge >= 0.3 is 0 Å². The third-order valence-electron chi connectivity index (χ3n) is 2.27.